The lowest BCUT2D eigenvalue weighted by atomic mass is 10.2. The van der Waals surface area contributed by atoms with Crippen molar-refractivity contribution in [3.05, 3.63) is 18.2 Å². The standard InChI is InChI=1S/C14H14F3NO3/c1-20-10-3-2-9(4-11(10)21-7-14(15,16)17)18-12(19)13-5-8(13)6-13/h2-4,8H,5-7H2,1H3,(H,18,19). The Balaban J connectivity index is 1.71. The van der Waals surface area contributed by atoms with E-state index in [-0.39, 0.29) is 22.8 Å². The number of ether oxygens (including phenoxy) is 2. The number of alkyl halides is 3. The summed E-state index contributed by atoms with van der Waals surface area (Å²) in [6.45, 7) is -1.41. The fraction of sp³-hybridized carbons (Fsp3) is 0.500. The highest BCUT2D eigenvalue weighted by Crippen LogP contribution is 2.75. The predicted molar refractivity (Wildman–Crippen MR) is 68.3 cm³/mol. The van der Waals surface area contributed by atoms with Crippen LogP contribution in [-0.2, 0) is 4.79 Å². The number of carbonyl (C=O) groups is 1. The van der Waals surface area contributed by atoms with E-state index in [9.17, 15) is 18.0 Å². The van der Waals surface area contributed by atoms with Crippen LogP contribution in [0.25, 0.3) is 0 Å². The molecule has 2 saturated carbocycles. The fourth-order valence-corrected chi connectivity index (χ4v) is 2.35. The van der Waals surface area contributed by atoms with Gasteiger partial charge in [-0.1, -0.05) is 0 Å². The summed E-state index contributed by atoms with van der Waals surface area (Å²) in [6.07, 6.45) is -2.61. The van der Waals surface area contributed by atoms with E-state index < -0.39 is 12.8 Å². The summed E-state index contributed by atoms with van der Waals surface area (Å²) < 4.78 is 46.3. The molecule has 0 bridgehead atoms. The minimum Gasteiger partial charge on any atom is -0.493 e. The van der Waals surface area contributed by atoms with Gasteiger partial charge in [-0.15, -0.1) is 0 Å². The van der Waals surface area contributed by atoms with Crippen LogP contribution in [0.15, 0.2) is 18.2 Å². The SMILES string of the molecule is COc1ccc(NC(=O)C23CC2C3)cc1OCC(F)(F)F. The topological polar surface area (TPSA) is 47.6 Å². The number of hydrogen-bond acceptors (Lipinski definition) is 3. The van der Waals surface area contributed by atoms with Crippen LogP contribution in [0.5, 0.6) is 11.5 Å². The van der Waals surface area contributed by atoms with Crippen LogP contribution in [-0.4, -0.2) is 25.8 Å². The summed E-state index contributed by atoms with van der Waals surface area (Å²) in [5.41, 5.74) is 0.206. The highest BCUT2D eigenvalue weighted by molar-refractivity contribution is 6.00. The van der Waals surface area contributed by atoms with E-state index in [1.54, 1.807) is 6.07 Å². The summed E-state index contributed by atoms with van der Waals surface area (Å²) in [7, 11) is 1.34. The monoisotopic (exact) mass is 301 g/mol. The molecule has 2 fully saturated rings. The van der Waals surface area contributed by atoms with Crippen molar-refractivity contribution >= 4 is 11.6 Å². The van der Waals surface area contributed by atoms with Crippen LogP contribution in [0.1, 0.15) is 12.8 Å². The molecule has 7 heteroatoms. The van der Waals surface area contributed by atoms with Crippen LogP contribution in [0.2, 0.25) is 0 Å². The zero-order chi connectivity index (χ0) is 15.3. The molecular weight excluding hydrogens is 287 g/mol. The lowest BCUT2D eigenvalue weighted by Gasteiger charge is -2.14. The van der Waals surface area contributed by atoms with E-state index >= 15 is 0 Å². The number of fused-ring (bicyclic) bond motifs is 1. The summed E-state index contributed by atoms with van der Waals surface area (Å²) in [4.78, 5) is 12.0. The summed E-state index contributed by atoms with van der Waals surface area (Å²) in [6, 6.07) is 4.39. The second kappa shape index (κ2) is 4.54. The Bertz CT molecular complexity index is 579. The first-order chi connectivity index (χ1) is 9.84. The third kappa shape index (κ3) is 2.77. The number of halogens is 3. The van der Waals surface area contributed by atoms with Gasteiger partial charge >= 0.3 is 6.18 Å². The van der Waals surface area contributed by atoms with Gasteiger partial charge in [0.15, 0.2) is 18.1 Å². The summed E-state index contributed by atoms with van der Waals surface area (Å²) >= 11 is 0. The lowest BCUT2D eigenvalue weighted by molar-refractivity contribution is -0.153. The van der Waals surface area contributed by atoms with Gasteiger partial charge in [0.2, 0.25) is 5.91 Å². The third-order valence-electron chi connectivity index (χ3n) is 3.95. The van der Waals surface area contributed by atoms with Gasteiger partial charge in [0.05, 0.1) is 12.5 Å². The number of hydrogen-bond donors (Lipinski definition) is 1. The molecule has 0 spiro atoms. The minimum absolute atomic E-state index is 0.0479. The zero-order valence-corrected chi connectivity index (χ0v) is 11.3. The van der Waals surface area contributed by atoms with E-state index in [1.807, 2.05) is 0 Å². The van der Waals surface area contributed by atoms with E-state index in [1.165, 1.54) is 19.2 Å². The van der Waals surface area contributed by atoms with E-state index in [0.717, 1.165) is 12.8 Å². The quantitative estimate of drug-likeness (QED) is 0.909. The molecule has 0 heterocycles. The lowest BCUT2D eigenvalue weighted by Crippen LogP contribution is -2.20. The summed E-state index contributed by atoms with van der Waals surface area (Å²) in [5.74, 6) is 0.565. The van der Waals surface area contributed by atoms with E-state index in [4.69, 9.17) is 9.47 Å². The molecule has 2 aliphatic rings. The molecule has 1 amide bonds. The molecule has 1 aromatic carbocycles. The molecule has 0 atom stereocenters. The molecular formula is C14H14F3NO3. The Hall–Kier alpha value is -1.92. The first kappa shape index (κ1) is 14.0. The van der Waals surface area contributed by atoms with Crippen LogP contribution in [0.4, 0.5) is 18.9 Å². The number of rotatable bonds is 5. The van der Waals surface area contributed by atoms with Gasteiger partial charge in [-0.3, -0.25) is 4.79 Å². The van der Waals surface area contributed by atoms with Gasteiger partial charge in [0.25, 0.3) is 0 Å². The van der Waals surface area contributed by atoms with Crippen molar-refractivity contribution in [2.45, 2.75) is 19.0 Å². The molecule has 21 heavy (non-hydrogen) atoms. The first-order valence-corrected chi connectivity index (χ1v) is 6.53. The molecule has 114 valence electrons. The Morgan fingerprint density at radius 2 is 2.05 bits per heavy atom. The van der Waals surface area contributed by atoms with Crippen LogP contribution < -0.4 is 14.8 Å². The second-order valence-corrected chi connectivity index (χ2v) is 5.48. The van der Waals surface area contributed by atoms with Crippen LogP contribution in [0.3, 0.4) is 0 Å². The average Bonchev–Trinajstić information content (AvgIpc) is 3.24. The smallest absolute Gasteiger partial charge is 0.422 e. The van der Waals surface area contributed by atoms with Crippen LogP contribution in [0, 0.1) is 11.3 Å². The maximum absolute atomic E-state index is 12.2. The van der Waals surface area contributed by atoms with Crippen molar-refractivity contribution in [3.8, 4) is 11.5 Å². The summed E-state index contributed by atoms with van der Waals surface area (Å²) in [5, 5.41) is 2.72. The largest absolute Gasteiger partial charge is 0.493 e. The van der Waals surface area contributed by atoms with Gasteiger partial charge in [0.1, 0.15) is 0 Å². The molecule has 4 nitrogen and oxygen atoms in total. The fourth-order valence-electron chi connectivity index (χ4n) is 2.35. The van der Waals surface area contributed by atoms with E-state index in [2.05, 4.69) is 5.32 Å². The van der Waals surface area contributed by atoms with Gasteiger partial charge in [-0.2, -0.15) is 13.2 Å². The van der Waals surface area contributed by atoms with Gasteiger partial charge < -0.3 is 14.8 Å². The molecule has 0 radical (unpaired) electrons. The Labute approximate surface area is 119 Å². The van der Waals surface area contributed by atoms with Crippen LogP contribution >= 0.6 is 0 Å². The minimum atomic E-state index is -4.43. The predicted octanol–water partition coefficient (Wildman–Crippen LogP) is 2.98. The Kier molecular flexibility index (Phi) is 3.04. The molecule has 1 N–H and O–H groups in total. The number of carbonyl (C=O) groups excluding carboxylic acids is 1. The number of amides is 1. The van der Waals surface area contributed by atoms with Gasteiger partial charge in [0, 0.05) is 11.8 Å². The number of methoxy groups -OCH3 is 1. The van der Waals surface area contributed by atoms with Gasteiger partial charge in [-0.05, 0) is 30.9 Å². The zero-order valence-electron chi connectivity index (χ0n) is 11.3. The number of anilines is 1. The maximum atomic E-state index is 12.2. The molecule has 2 aliphatic carbocycles. The second-order valence-electron chi connectivity index (χ2n) is 5.48. The first-order valence-electron chi connectivity index (χ1n) is 6.53. The molecule has 0 aromatic heterocycles. The van der Waals surface area contributed by atoms with E-state index in [0.29, 0.717) is 11.6 Å². The molecule has 0 unspecified atom stereocenters. The normalized spacial score (nSPS) is 25.8. The maximum Gasteiger partial charge on any atom is 0.422 e. The van der Waals surface area contributed by atoms with Crippen molar-refractivity contribution < 1.29 is 27.4 Å². The average molecular weight is 301 g/mol. The highest BCUT2D eigenvalue weighted by Gasteiger charge is 2.74. The van der Waals surface area contributed by atoms with Crippen molar-refractivity contribution in [2.24, 2.45) is 11.3 Å². The van der Waals surface area contributed by atoms with Crippen molar-refractivity contribution in [3.63, 3.8) is 0 Å². The molecule has 1 aromatic rings. The Morgan fingerprint density at radius 3 is 2.57 bits per heavy atom. The molecule has 0 aliphatic heterocycles. The molecule has 0 saturated heterocycles. The van der Waals surface area contributed by atoms with Gasteiger partial charge in [-0.25, -0.2) is 0 Å². The number of nitrogens with one attached hydrogen (secondary N) is 1. The van der Waals surface area contributed by atoms with Crippen molar-refractivity contribution in [1.82, 2.24) is 0 Å². The highest BCUT2D eigenvalue weighted by atomic mass is 19.4. The third-order valence-corrected chi connectivity index (χ3v) is 3.95. The Morgan fingerprint density at radius 1 is 1.38 bits per heavy atom. The molecule has 3 rings (SSSR count). The van der Waals surface area contributed by atoms with Crippen molar-refractivity contribution in [2.75, 3.05) is 19.0 Å². The number of benzene rings is 1. The van der Waals surface area contributed by atoms with Crippen molar-refractivity contribution in [1.29, 1.82) is 0 Å².